The summed E-state index contributed by atoms with van der Waals surface area (Å²) in [5.74, 6) is 3.54. The molecule has 0 saturated heterocycles. The van der Waals surface area contributed by atoms with Gasteiger partial charge >= 0.3 is 5.97 Å². The van der Waals surface area contributed by atoms with Gasteiger partial charge in [-0.05, 0) is 114 Å². The maximum atomic E-state index is 14.4. The minimum Gasteiger partial charge on any atom is -0.460 e. The molecule has 0 spiro atoms. The number of allylic oxidation sites excluding steroid dienone is 2. The molecule has 3 saturated carbocycles. The van der Waals surface area contributed by atoms with E-state index in [0.717, 1.165) is 55.0 Å². The number of benzene rings is 1. The SMILES string of the molecule is CCSc1ncc2c(n1)C(C)(C)[C@H]1CC[C@@]3(C)[C@@H](CC=C4[C@@H]5[C@@H](C)[C@@H](C)CC[C@]5(C(=O)OCc5ccccc5)CC[C@]43C)[C@]1(C)C2. The Morgan fingerprint density at radius 2 is 1.74 bits per heavy atom. The number of carbonyl (C=O) groups excluding carboxylic acids is 1. The van der Waals surface area contributed by atoms with E-state index >= 15 is 0 Å². The van der Waals surface area contributed by atoms with Crippen LogP contribution in [0.25, 0.3) is 0 Å². The molecule has 46 heavy (non-hydrogen) atoms. The third-order valence-corrected chi connectivity index (χ3v) is 15.8. The Bertz CT molecular complexity index is 1540. The van der Waals surface area contributed by atoms with E-state index in [1.807, 2.05) is 18.2 Å². The summed E-state index contributed by atoms with van der Waals surface area (Å²) in [4.78, 5) is 24.4. The summed E-state index contributed by atoms with van der Waals surface area (Å²) in [6, 6.07) is 10.2. The van der Waals surface area contributed by atoms with E-state index in [1.165, 1.54) is 24.1 Å². The van der Waals surface area contributed by atoms with Crippen LogP contribution in [0.2, 0.25) is 0 Å². The van der Waals surface area contributed by atoms with Crippen molar-refractivity contribution in [1.82, 2.24) is 9.97 Å². The van der Waals surface area contributed by atoms with Gasteiger partial charge in [-0.3, -0.25) is 4.79 Å². The van der Waals surface area contributed by atoms with Gasteiger partial charge in [-0.1, -0.05) is 109 Å². The Kier molecular flexibility index (Phi) is 7.90. The highest BCUT2D eigenvalue weighted by atomic mass is 32.2. The van der Waals surface area contributed by atoms with Gasteiger partial charge in [0.15, 0.2) is 5.16 Å². The standard InChI is InChI=1S/C41H56N2O2S/c1-9-46-36-42-24-29-23-38(6)31(37(4,5)34(29)43-36)18-19-40(8)32(38)16-15-30-33-27(3)26(2)17-20-41(33,22-21-39(30,40)7)35(44)45-25-28-13-11-10-12-14-28/h10-15,24,26-27,31-33H,9,16-23,25H2,1-8H3/t26-,27-,31+,32-,33-,38+,39+,40-,41-/m0/s1. The molecule has 0 radical (unpaired) electrons. The fraction of sp³-hybridized carbons (Fsp3) is 0.683. The van der Waals surface area contributed by atoms with Crippen LogP contribution in [0.5, 0.6) is 0 Å². The van der Waals surface area contributed by atoms with Crippen LogP contribution in [0.3, 0.4) is 0 Å². The van der Waals surface area contributed by atoms with Crippen molar-refractivity contribution in [1.29, 1.82) is 0 Å². The molecule has 9 atom stereocenters. The van der Waals surface area contributed by atoms with Crippen molar-refractivity contribution in [3.63, 3.8) is 0 Å². The average molecular weight is 641 g/mol. The molecule has 3 fully saturated rings. The first-order chi connectivity index (χ1) is 21.8. The van der Waals surface area contributed by atoms with E-state index in [0.29, 0.717) is 30.3 Å². The summed E-state index contributed by atoms with van der Waals surface area (Å²) >= 11 is 1.76. The minimum atomic E-state index is -0.409. The van der Waals surface area contributed by atoms with Crippen molar-refractivity contribution < 1.29 is 9.53 Å². The largest absolute Gasteiger partial charge is 0.460 e. The van der Waals surface area contributed by atoms with Crippen molar-refractivity contribution in [3.8, 4) is 0 Å². The van der Waals surface area contributed by atoms with Gasteiger partial charge in [0, 0.05) is 11.6 Å². The summed E-state index contributed by atoms with van der Waals surface area (Å²) < 4.78 is 6.24. The number of hydrogen-bond donors (Lipinski definition) is 0. The van der Waals surface area contributed by atoms with Crippen LogP contribution < -0.4 is 0 Å². The molecule has 5 heteroatoms. The van der Waals surface area contributed by atoms with E-state index in [2.05, 4.69) is 79.8 Å². The first kappa shape index (κ1) is 32.4. The highest BCUT2D eigenvalue weighted by Crippen LogP contribution is 2.75. The summed E-state index contributed by atoms with van der Waals surface area (Å²) in [7, 11) is 0. The second-order valence-electron chi connectivity index (χ2n) is 17.2. The number of thioether (sulfide) groups is 1. The molecule has 5 aliphatic rings. The van der Waals surface area contributed by atoms with E-state index in [9.17, 15) is 4.79 Å². The molecular formula is C41H56N2O2S. The van der Waals surface area contributed by atoms with E-state index in [4.69, 9.17) is 14.7 Å². The van der Waals surface area contributed by atoms with E-state index < -0.39 is 5.41 Å². The maximum absolute atomic E-state index is 14.4. The number of ether oxygens (including phenoxy) is 1. The average Bonchev–Trinajstić information content (AvgIpc) is 3.03. The zero-order valence-corrected chi connectivity index (χ0v) is 30.4. The van der Waals surface area contributed by atoms with Crippen LogP contribution in [0, 0.1) is 51.2 Å². The van der Waals surface area contributed by atoms with Crippen molar-refractivity contribution >= 4 is 17.7 Å². The second kappa shape index (κ2) is 11.2. The van der Waals surface area contributed by atoms with Crippen molar-refractivity contribution in [2.45, 2.75) is 124 Å². The Morgan fingerprint density at radius 3 is 2.48 bits per heavy atom. The van der Waals surface area contributed by atoms with Gasteiger partial charge in [0.05, 0.1) is 11.1 Å². The van der Waals surface area contributed by atoms with E-state index in [-0.39, 0.29) is 33.5 Å². The zero-order chi connectivity index (χ0) is 32.7. The van der Waals surface area contributed by atoms with Gasteiger partial charge in [-0.15, -0.1) is 0 Å². The van der Waals surface area contributed by atoms with Gasteiger partial charge in [0.2, 0.25) is 0 Å². The Balaban J connectivity index is 1.26. The molecule has 1 heterocycles. The van der Waals surface area contributed by atoms with Crippen LogP contribution in [-0.2, 0) is 28.0 Å². The lowest BCUT2D eigenvalue weighted by molar-refractivity contribution is -0.184. The second-order valence-corrected chi connectivity index (χ2v) is 18.5. The molecule has 4 nitrogen and oxygen atoms in total. The van der Waals surface area contributed by atoms with Crippen LogP contribution in [-0.4, -0.2) is 21.7 Å². The van der Waals surface area contributed by atoms with Gasteiger partial charge in [0.1, 0.15) is 6.61 Å². The van der Waals surface area contributed by atoms with Gasteiger partial charge in [-0.2, -0.15) is 0 Å². The molecule has 0 aliphatic heterocycles. The first-order valence-electron chi connectivity index (χ1n) is 18.2. The summed E-state index contributed by atoms with van der Waals surface area (Å²) in [6.45, 7) is 20.2. The highest BCUT2D eigenvalue weighted by Gasteiger charge is 2.69. The van der Waals surface area contributed by atoms with Crippen LogP contribution >= 0.6 is 11.8 Å². The molecule has 0 amide bonds. The normalized spacial score (nSPS) is 40.7. The topological polar surface area (TPSA) is 52.1 Å². The number of carbonyl (C=O) groups is 1. The summed E-state index contributed by atoms with van der Waals surface area (Å²) in [5.41, 5.74) is 5.37. The molecule has 5 aliphatic carbocycles. The Labute approximate surface area is 282 Å². The smallest absolute Gasteiger partial charge is 0.313 e. The monoisotopic (exact) mass is 640 g/mol. The zero-order valence-electron chi connectivity index (χ0n) is 29.6. The minimum absolute atomic E-state index is 0.0120. The van der Waals surface area contributed by atoms with Gasteiger partial charge < -0.3 is 4.74 Å². The molecule has 1 aromatic heterocycles. The van der Waals surface area contributed by atoms with Crippen LogP contribution in [0.4, 0.5) is 0 Å². The molecule has 7 rings (SSSR count). The molecule has 0 unspecified atom stereocenters. The molecule has 248 valence electrons. The van der Waals surface area contributed by atoms with Crippen molar-refractivity contribution in [2.75, 3.05) is 5.75 Å². The quantitative estimate of drug-likeness (QED) is 0.141. The third kappa shape index (κ3) is 4.48. The van der Waals surface area contributed by atoms with Crippen molar-refractivity contribution in [3.05, 3.63) is 65.0 Å². The lowest BCUT2D eigenvalue weighted by atomic mass is 9.33. The fourth-order valence-corrected chi connectivity index (χ4v) is 12.9. The number of fused-ring (bicyclic) bond motifs is 8. The molecule has 0 N–H and O–H groups in total. The third-order valence-electron chi connectivity index (χ3n) is 15.0. The number of nitrogens with zero attached hydrogens (tertiary/aromatic N) is 2. The van der Waals surface area contributed by atoms with Gasteiger partial charge in [-0.25, -0.2) is 9.97 Å². The number of aromatic nitrogens is 2. The molecular weight excluding hydrogens is 585 g/mol. The van der Waals surface area contributed by atoms with E-state index in [1.54, 1.807) is 17.3 Å². The van der Waals surface area contributed by atoms with Crippen LogP contribution in [0.15, 0.2) is 53.3 Å². The predicted octanol–water partition coefficient (Wildman–Crippen LogP) is 10.0. The predicted molar refractivity (Wildman–Crippen MR) is 187 cm³/mol. The fourth-order valence-electron chi connectivity index (χ4n) is 12.4. The molecule has 0 bridgehead atoms. The Morgan fingerprint density at radius 1 is 0.978 bits per heavy atom. The number of hydrogen-bond acceptors (Lipinski definition) is 5. The lowest BCUT2D eigenvalue weighted by Crippen LogP contribution is -2.65. The number of esters is 1. The summed E-state index contributed by atoms with van der Waals surface area (Å²) in [5, 5.41) is 0.931. The Hall–Kier alpha value is -2.14. The molecule has 2 aromatic rings. The van der Waals surface area contributed by atoms with Crippen LogP contribution in [0.1, 0.15) is 117 Å². The molecule has 1 aromatic carbocycles. The van der Waals surface area contributed by atoms with Gasteiger partial charge in [0.25, 0.3) is 0 Å². The highest BCUT2D eigenvalue weighted by molar-refractivity contribution is 7.99. The summed E-state index contributed by atoms with van der Waals surface area (Å²) in [6.07, 6.45) is 13.6. The number of rotatable bonds is 5. The van der Waals surface area contributed by atoms with Crippen molar-refractivity contribution in [2.24, 2.45) is 51.2 Å². The first-order valence-corrected chi connectivity index (χ1v) is 19.2. The maximum Gasteiger partial charge on any atom is 0.313 e. The lowest BCUT2D eigenvalue weighted by Gasteiger charge is -2.70.